The minimum absolute atomic E-state index is 0.0118. The number of aromatic hydroxyl groups is 1. The molecule has 0 unspecified atom stereocenters. The van der Waals surface area contributed by atoms with E-state index >= 15 is 0 Å². The van der Waals surface area contributed by atoms with Crippen LogP contribution >= 0.6 is 12.2 Å². The lowest BCUT2D eigenvalue weighted by Crippen LogP contribution is -2.55. The van der Waals surface area contributed by atoms with Crippen molar-refractivity contribution in [1.82, 2.24) is 30.9 Å². The Morgan fingerprint density at radius 3 is 2.31 bits per heavy atom. The summed E-state index contributed by atoms with van der Waals surface area (Å²) in [5, 5.41) is 54.6. The van der Waals surface area contributed by atoms with Gasteiger partial charge in [0.05, 0.1) is 10.5 Å². The van der Waals surface area contributed by atoms with E-state index in [1.54, 1.807) is 42.5 Å². The van der Waals surface area contributed by atoms with Crippen molar-refractivity contribution in [2.24, 2.45) is 5.73 Å². The van der Waals surface area contributed by atoms with Gasteiger partial charge < -0.3 is 57.4 Å². The molecule has 70 heavy (non-hydrogen) atoms. The lowest BCUT2D eigenvalue weighted by Gasteiger charge is -2.25. The van der Waals surface area contributed by atoms with Gasteiger partial charge in [0.15, 0.2) is 16.5 Å². The third-order valence-corrected chi connectivity index (χ3v) is 13.6. The molecule has 3 aromatic rings. The van der Waals surface area contributed by atoms with Gasteiger partial charge in [0.25, 0.3) is 0 Å². The lowest BCUT2D eigenvalue weighted by atomic mass is 9.90. The van der Waals surface area contributed by atoms with Crippen LogP contribution in [0.3, 0.4) is 0 Å². The summed E-state index contributed by atoms with van der Waals surface area (Å²) in [6.07, 6.45) is 2.37. The van der Waals surface area contributed by atoms with Gasteiger partial charge in [-0.1, -0.05) is 24.3 Å². The predicted octanol–water partition coefficient (Wildman–Crippen LogP) is 3.10. The number of aromatic carboxylic acids is 1. The number of phenols is 1. The largest absolute Gasteiger partial charge is 0.508 e. The molecule has 12 N–H and O–H groups in total. The van der Waals surface area contributed by atoms with Crippen LogP contribution in [-0.2, 0) is 29.2 Å². The summed E-state index contributed by atoms with van der Waals surface area (Å²) in [6.45, 7) is 0.126. The third-order valence-electron chi connectivity index (χ3n) is 11.4. The second-order valence-electron chi connectivity index (χ2n) is 16.4. The van der Waals surface area contributed by atoms with Gasteiger partial charge in [-0.3, -0.25) is 24.6 Å². The molecular weight excluding hydrogens is 947 g/mol. The fraction of sp³-hybridized carbons (Fsp3) is 0.319. The molecule has 3 amide bonds. The highest BCUT2D eigenvalue weighted by Gasteiger charge is 2.40. The van der Waals surface area contributed by atoms with E-state index in [4.69, 9.17) is 27.8 Å². The number of guanidine groups is 1. The Kier molecular flexibility index (Phi) is 17.4. The van der Waals surface area contributed by atoms with E-state index in [2.05, 4.69) is 31.9 Å². The van der Waals surface area contributed by atoms with Crippen LogP contribution in [0.4, 0.5) is 5.69 Å². The quantitative estimate of drug-likeness (QED) is 0.0156. The zero-order valence-corrected chi connectivity index (χ0v) is 39.3. The van der Waals surface area contributed by atoms with Gasteiger partial charge in [-0.2, -0.15) is 4.31 Å². The highest BCUT2D eigenvalue weighted by atomic mass is 32.2. The number of hydrogen-bond acceptors (Lipinski definition) is 12. The van der Waals surface area contributed by atoms with E-state index in [0.29, 0.717) is 66.4 Å². The van der Waals surface area contributed by atoms with E-state index in [9.17, 15) is 52.5 Å². The monoisotopic (exact) mass is 999 g/mol. The number of nitrogens with two attached hydrogens (primary N) is 1. The summed E-state index contributed by atoms with van der Waals surface area (Å²) >= 11 is 5.50. The third kappa shape index (κ3) is 13.3. The fourth-order valence-corrected chi connectivity index (χ4v) is 9.89. The first kappa shape index (κ1) is 51.8. The minimum Gasteiger partial charge on any atom is -0.508 e. The zero-order chi connectivity index (χ0) is 50.5. The molecule has 6 rings (SSSR count). The SMILES string of the molecule is N=C(N)NCCCCC(=O)N[C@@H](CCCCNC(=S)Nc1ccc(-c2c3ccc(=O)cc-3oc3cc(O)ccc23)c(C(=O)O)c1)C(=O)NC[C@H](NC(=O)[C@@H]1CCCN1S(=O)(=O)c1ccccc1)C(=O)O. The summed E-state index contributed by atoms with van der Waals surface area (Å²) < 4.78 is 33.6. The van der Waals surface area contributed by atoms with Crippen molar-refractivity contribution in [1.29, 1.82) is 5.41 Å². The van der Waals surface area contributed by atoms with Gasteiger partial charge in [0.2, 0.25) is 27.7 Å². The molecular formula is C47H53N9O12S2. The van der Waals surface area contributed by atoms with Gasteiger partial charge in [-0.15, -0.1) is 0 Å². The van der Waals surface area contributed by atoms with Crippen LogP contribution in [0, 0.1) is 5.41 Å². The number of unbranched alkanes of at least 4 members (excludes halogenated alkanes) is 2. The molecule has 370 valence electrons. The minimum atomic E-state index is -4.06. The Labute approximate surface area is 407 Å². The average molecular weight is 1000 g/mol. The molecule has 1 saturated heterocycles. The molecule has 2 heterocycles. The first-order valence-electron chi connectivity index (χ1n) is 22.3. The number of carboxylic acid groups (broad SMARTS) is 2. The number of nitrogens with zero attached hydrogens (tertiary/aromatic N) is 1. The normalized spacial score (nSPS) is 14.5. The summed E-state index contributed by atoms with van der Waals surface area (Å²) in [7, 11) is -4.06. The van der Waals surface area contributed by atoms with Crippen LogP contribution in [0.2, 0.25) is 0 Å². The second kappa shape index (κ2) is 23.6. The number of anilines is 1. The maximum Gasteiger partial charge on any atom is 0.336 e. The van der Waals surface area contributed by atoms with Crippen molar-refractivity contribution in [3.8, 4) is 28.2 Å². The van der Waals surface area contributed by atoms with Crippen molar-refractivity contribution in [3.05, 3.63) is 101 Å². The number of amides is 3. The van der Waals surface area contributed by atoms with Gasteiger partial charge in [-0.05, 0) is 111 Å². The molecule has 2 aliphatic heterocycles. The number of carbonyl (C=O) groups is 5. The number of fused-ring (bicyclic) bond motifs is 2. The summed E-state index contributed by atoms with van der Waals surface area (Å²) in [6, 6.07) is 16.8. The van der Waals surface area contributed by atoms with Gasteiger partial charge in [-0.25, -0.2) is 18.0 Å². The Morgan fingerprint density at radius 2 is 1.59 bits per heavy atom. The topological polar surface area (TPSA) is 336 Å². The molecule has 0 spiro atoms. The van der Waals surface area contributed by atoms with E-state index in [1.807, 2.05) is 0 Å². The van der Waals surface area contributed by atoms with Gasteiger partial charge >= 0.3 is 11.9 Å². The van der Waals surface area contributed by atoms with Crippen molar-refractivity contribution in [2.45, 2.75) is 74.4 Å². The zero-order valence-electron chi connectivity index (χ0n) is 37.7. The summed E-state index contributed by atoms with van der Waals surface area (Å²) in [5.74, 6) is -4.83. The van der Waals surface area contributed by atoms with Crippen LogP contribution in [0.15, 0.2) is 99.0 Å². The number of thiocarbonyl (C=S) groups is 1. The number of rotatable bonds is 22. The Bertz CT molecular complexity index is 2920. The fourth-order valence-electron chi connectivity index (χ4n) is 8.00. The molecule has 23 heteroatoms. The Balaban J connectivity index is 1.06. The number of phenolic OH excluding ortho intramolecular Hbond substituents is 1. The number of nitrogens with one attached hydrogen (secondary N) is 7. The molecule has 3 atom stereocenters. The van der Waals surface area contributed by atoms with Crippen LogP contribution in [-0.4, -0.2) is 113 Å². The van der Waals surface area contributed by atoms with Crippen LogP contribution in [0.1, 0.15) is 61.7 Å². The van der Waals surface area contributed by atoms with Crippen molar-refractivity contribution in [2.75, 3.05) is 31.5 Å². The van der Waals surface area contributed by atoms with E-state index in [0.717, 1.165) is 4.31 Å². The smallest absolute Gasteiger partial charge is 0.336 e. The van der Waals surface area contributed by atoms with Crippen molar-refractivity contribution < 1.29 is 52.1 Å². The van der Waals surface area contributed by atoms with Crippen molar-refractivity contribution >= 4 is 79.6 Å². The molecule has 3 aliphatic rings. The van der Waals surface area contributed by atoms with E-state index in [1.165, 1.54) is 42.5 Å². The number of hydrogen-bond donors (Lipinski definition) is 11. The van der Waals surface area contributed by atoms with Crippen LogP contribution < -0.4 is 43.1 Å². The maximum atomic E-state index is 13.6. The predicted molar refractivity (Wildman–Crippen MR) is 263 cm³/mol. The average Bonchev–Trinajstić information content (AvgIpc) is 3.83. The maximum absolute atomic E-state index is 13.6. The molecule has 0 bridgehead atoms. The number of carbonyl (C=O) groups excluding carboxylic acids is 3. The van der Waals surface area contributed by atoms with Crippen LogP contribution in [0.25, 0.3) is 33.4 Å². The van der Waals surface area contributed by atoms with Gasteiger partial charge in [0.1, 0.15) is 35.2 Å². The summed E-state index contributed by atoms with van der Waals surface area (Å²) in [5.41, 5.74) is 6.76. The van der Waals surface area contributed by atoms with E-state index < -0.39 is 64.4 Å². The van der Waals surface area contributed by atoms with E-state index in [-0.39, 0.29) is 76.4 Å². The molecule has 21 nitrogen and oxygen atoms in total. The standard InChI is InChI=1S/C47H53N9O12S2/c48-46(49)50-20-7-5-13-40(59)54-35(42(60)52-26-36(45(64)65)55-43(61)37-12-8-22-56(37)70(66,67)30-9-2-1-3-10-30)11-4-6-21-51-47(69)53-27-14-17-31(34(23-27)44(62)63)41-32-18-15-28(57)24-38(32)68-39-25-29(58)16-19-33(39)41/h1-3,9-10,14-19,23-25,35-37,57H,4-8,11-13,20-22,26H2,(H,52,60)(H,54,59)(H,55,61)(H,62,63)(H,64,65)(H4,48,49,50)(H2,51,53,69)/t35-,36-,37-/m0/s1. The van der Waals surface area contributed by atoms with Gasteiger partial charge in [0, 0.05) is 66.9 Å². The van der Waals surface area contributed by atoms with Crippen molar-refractivity contribution in [3.63, 3.8) is 0 Å². The Hall–Kier alpha value is -7.63. The molecule has 3 aromatic carbocycles. The van der Waals surface area contributed by atoms with Crippen LogP contribution in [0.5, 0.6) is 5.75 Å². The number of carboxylic acids is 2. The first-order chi connectivity index (χ1) is 33.4. The molecule has 1 fully saturated rings. The number of benzene rings is 4. The Morgan fingerprint density at radius 1 is 0.857 bits per heavy atom. The molecule has 0 radical (unpaired) electrons. The number of sulfonamides is 1. The second-order valence-corrected chi connectivity index (χ2v) is 18.7. The highest BCUT2D eigenvalue weighted by Crippen LogP contribution is 2.42. The lowest BCUT2D eigenvalue weighted by molar-refractivity contribution is -0.142. The first-order valence-corrected chi connectivity index (χ1v) is 24.1. The molecule has 0 saturated carbocycles. The molecule has 1 aliphatic carbocycles. The highest BCUT2D eigenvalue weighted by molar-refractivity contribution is 7.89. The summed E-state index contributed by atoms with van der Waals surface area (Å²) in [4.78, 5) is 77.1. The molecule has 0 aromatic heterocycles. The number of aliphatic carboxylic acids is 1.